The van der Waals surface area contributed by atoms with Gasteiger partial charge in [-0.3, -0.25) is 0 Å². The first-order chi connectivity index (χ1) is 13.0. The number of hydrogen-bond donors (Lipinski definition) is 3. The molecule has 142 valence electrons. The number of likely N-dealkylation sites (tertiary alicyclic amines) is 1. The fourth-order valence-electron chi connectivity index (χ4n) is 2.89. The van der Waals surface area contributed by atoms with E-state index in [1.807, 2.05) is 18.2 Å². The maximum absolute atomic E-state index is 13.6. The van der Waals surface area contributed by atoms with Gasteiger partial charge in [0.15, 0.2) is 0 Å². The molecule has 3 rings (SSSR count). The number of piperidine rings is 1. The molecule has 2 aromatic carbocycles. The van der Waals surface area contributed by atoms with Crippen molar-refractivity contribution in [3.63, 3.8) is 0 Å². The standard InChI is InChI=1S/C19H20F2N4O2/c20-13-6-7-17(16(21)12-13)24-19(27)25-10-8-15(9-11-25)23-18(26)22-14-4-2-1-3-5-14/h1-7,12,15H,8-11H2,(H,24,27)(H2,22,23,26). The van der Waals surface area contributed by atoms with Crippen LogP contribution in [0.15, 0.2) is 48.5 Å². The molecule has 0 aromatic heterocycles. The maximum atomic E-state index is 13.6. The molecular weight excluding hydrogens is 354 g/mol. The molecule has 1 aliphatic heterocycles. The fraction of sp³-hybridized carbons (Fsp3) is 0.263. The summed E-state index contributed by atoms with van der Waals surface area (Å²) in [6.07, 6.45) is 1.17. The summed E-state index contributed by atoms with van der Waals surface area (Å²) in [5, 5.41) is 8.07. The molecule has 0 spiro atoms. The first kappa shape index (κ1) is 18.6. The van der Waals surface area contributed by atoms with E-state index in [0.29, 0.717) is 31.6 Å². The summed E-state index contributed by atoms with van der Waals surface area (Å²) in [5.74, 6) is -1.52. The molecule has 3 N–H and O–H groups in total. The van der Waals surface area contributed by atoms with Crippen molar-refractivity contribution in [3.8, 4) is 0 Å². The van der Waals surface area contributed by atoms with Crippen LogP contribution in [0.25, 0.3) is 0 Å². The van der Waals surface area contributed by atoms with E-state index in [0.717, 1.165) is 12.1 Å². The molecular formula is C19H20F2N4O2. The monoisotopic (exact) mass is 374 g/mol. The molecule has 1 heterocycles. The van der Waals surface area contributed by atoms with Crippen molar-refractivity contribution in [1.29, 1.82) is 0 Å². The highest BCUT2D eigenvalue weighted by Gasteiger charge is 2.24. The topological polar surface area (TPSA) is 73.5 Å². The number of para-hydroxylation sites is 1. The van der Waals surface area contributed by atoms with Crippen LogP contribution in [-0.2, 0) is 0 Å². The lowest BCUT2D eigenvalue weighted by Gasteiger charge is -2.32. The van der Waals surface area contributed by atoms with E-state index in [1.165, 1.54) is 11.0 Å². The normalized spacial score (nSPS) is 14.5. The van der Waals surface area contributed by atoms with Crippen LogP contribution in [0.5, 0.6) is 0 Å². The average molecular weight is 374 g/mol. The Kier molecular flexibility index (Phi) is 5.85. The Labute approximate surface area is 155 Å². The van der Waals surface area contributed by atoms with E-state index in [9.17, 15) is 18.4 Å². The molecule has 1 fully saturated rings. The third-order valence-corrected chi connectivity index (χ3v) is 4.32. The van der Waals surface area contributed by atoms with Gasteiger partial charge in [0.25, 0.3) is 0 Å². The predicted molar refractivity (Wildman–Crippen MR) is 98.6 cm³/mol. The van der Waals surface area contributed by atoms with Gasteiger partial charge in [-0.25, -0.2) is 18.4 Å². The highest BCUT2D eigenvalue weighted by molar-refractivity contribution is 5.90. The predicted octanol–water partition coefficient (Wildman–Crippen LogP) is 3.78. The van der Waals surface area contributed by atoms with Crippen molar-refractivity contribution in [1.82, 2.24) is 10.2 Å². The molecule has 0 aliphatic carbocycles. The van der Waals surface area contributed by atoms with Crippen LogP contribution in [0.4, 0.5) is 29.7 Å². The van der Waals surface area contributed by atoms with Crippen molar-refractivity contribution in [3.05, 3.63) is 60.2 Å². The zero-order chi connectivity index (χ0) is 19.2. The summed E-state index contributed by atoms with van der Waals surface area (Å²) in [4.78, 5) is 25.8. The van der Waals surface area contributed by atoms with Crippen LogP contribution in [0.2, 0.25) is 0 Å². The summed E-state index contributed by atoms with van der Waals surface area (Å²) in [6.45, 7) is 0.843. The van der Waals surface area contributed by atoms with E-state index in [4.69, 9.17) is 0 Å². The van der Waals surface area contributed by atoms with Crippen LogP contribution < -0.4 is 16.0 Å². The largest absolute Gasteiger partial charge is 0.335 e. The van der Waals surface area contributed by atoms with Crippen LogP contribution in [0, 0.1) is 11.6 Å². The highest BCUT2D eigenvalue weighted by atomic mass is 19.1. The second-order valence-corrected chi connectivity index (χ2v) is 6.28. The number of halogens is 2. The van der Waals surface area contributed by atoms with Gasteiger partial charge in [0.05, 0.1) is 5.69 Å². The molecule has 1 aliphatic rings. The quantitative estimate of drug-likeness (QED) is 0.765. The van der Waals surface area contributed by atoms with Gasteiger partial charge in [-0.05, 0) is 37.1 Å². The highest BCUT2D eigenvalue weighted by Crippen LogP contribution is 2.17. The fourth-order valence-corrected chi connectivity index (χ4v) is 2.89. The Hall–Kier alpha value is -3.16. The third-order valence-electron chi connectivity index (χ3n) is 4.32. The average Bonchev–Trinajstić information content (AvgIpc) is 2.65. The smallest absolute Gasteiger partial charge is 0.321 e. The second-order valence-electron chi connectivity index (χ2n) is 6.28. The Bertz CT molecular complexity index is 809. The van der Waals surface area contributed by atoms with Crippen molar-refractivity contribution in [2.24, 2.45) is 0 Å². The Morgan fingerprint density at radius 1 is 0.963 bits per heavy atom. The van der Waals surface area contributed by atoms with E-state index in [2.05, 4.69) is 16.0 Å². The van der Waals surface area contributed by atoms with E-state index in [1.54, 1.807) is 12.1 Å². The number of carbonyl (C=O) groups excluding carboxylic acids is 2. The van der Waals surface area contributed by atoms with Crippen molar-refractivity contribution in [2.45, 2.75) is 18.9 Å². The molecule has 4 amide bonds. The van der Waals surface area contributed by atoms with Gasteiger partial charge in [-0.1, -0.05) is 18.2 Å². The van der Waals surface area contributed by atoms with Crippen molar-refractivity contribution >= 4 is 23.4 Å². The minimum Gasteiger partial charge on any atom is -0.335 e. The molecule has 1 saturated heterocycles. The summed E-state index contributed by atoms with van der Waals surface area (Å²) >= 11 is 0. The summed E-state index contributed by atoms with van der Waals surface area (Å²) in [5.41, 5.74) is 0.636. The van der Waals surface area contributed by atoms with Crippen molar-refractivity contribution in [2.75, 3.05) is 23.7 Å². The Morgan fingerprint density at radius 3 is 2.33 bits per heavy atom. The number of hydrogen-bond acceptors (Lipinski definition) is 2. The molecule has 0 bridgehead atoms. The van der Waals surface area contributed by atoms with Gasteiger partial charge in [-0.15, -0.1) is 0 Å². The zero-order valence-corrected chi connectivity index (χ0v) is 14.5. The van der Waals surface area contributed by atoms with Crippen LogP contribution in [-0.4, -0.2) is 36.1 Å². The lowest BCUT2D eigenvalue weighted by molar-refractivity contribution is 0.189. The lowest BCUT2D eigenvalue weighted by atomic mass is 10.1. The minimum atomic E-state index is -0.822. The van der Waals surface area contributed by atoms with Crippen LogP contribution >= 0.6 is 0 Å². The molecule has 27 heavy (non-hydrogen) atoms. The minimum absolute atomic E-state index is 0.0553. The number of urea groups is 2. The second kappa shape index (κ2) is 8.48. The molecule has 0 radical (unpaired) electrons. The number of rotatable bonds is 3. The van der Waals surface area contributed by atoms with Crippen molar-refractivity contribution < 1.29 is 18.4 Å². The van der Waals surface area contributed by atoms with E-state index >= 15 is 0 Å². The number of amides is 4. The van der Waals surface area contributed by atoms with E-state index in [-0.39, 0.29) is 17.8 Å². The third kappa shape index (κ3) is 5.16. The zero-order valence-electron chi connectivity index (χ0n) is 14.5. The van der Waals surface area contributed by atoms with E-state index < -0.39 is 17.7 Å². The molecule has 2 aromatic rings. The van der Waals surface area contributed by atoms with Gasteiger partial charge < -0.3 is 20.9 Å². The molecule has 0 atom stereocenters. The maximum Gasteiger partial charge on any atom is 0.321 e. The first-order valence-electron chi connectivity index (χ1n) is 8.65. The number of anilines is 2. The summed E-state index contributed by atoms with van der Waals surface area (Å²) in [6, 6.07) is 11.3. The Balaban J connectivity index is 1.45. The van der Waals surface area contributed by atoms with Crippen LogP contribution in [0.1, 0.15) is 12.8 Å². The Morgan fingerprint density at radius 2 is 1.67 bits per heavy atom. The van der Waals surface area contributed by atoms with Gasteiger partial charge >= 0.3 is 12.1 Å². The lowest BCUT2D eigenvalue weighted by Crippen LogP contribution is -2.48. The number of benzene rings is 2. The molecule has 8 heteroatoms. The molecule has 6 nitrogen and oxygen atoms in total. The SMILES string of the molecule is O=C(Nc1ccccc1)NC1CCN(C(=O)Nc2ccc(F)cc2F)CC1. The van der Waals surface area contributed by atoms with Gasteiger partial charge in [0.1, 0.15) is 11.6 Å². The first-order valence-corrected chi connectivity index (χ1v) is 8.65. The van der Waals surface area contributed by atoms with Gasteiger partial charge in [0.2, 0.25) is 0 Å². The van der Waals surface area contributed by atoms with Gasteiger partial charge in [0, 0.05) is 30.9 Å². The molecule has 0 saturated carbocycles. The summed E-state index contributed by atoms with van der Waals surface area (Å²) in [7, 11) is 0. The number of nitrogens with zero attached hydrogens (tertiary/aromatic N) is 1. The summed E-state index contributed by atoms with van der Waals surface area (Å²) < 4.78 is 26.6. The van der Waals surface area contributed by atoms with Crippen LogP contribution in [0.3, 0.4) is 0 Å². The number of nitrogens with one attached hydrogen (secondary N) is 3. The van der Waals surface area contributed by atoms with Gasteiger partial charge in [-0.2, -0.15) is 0 Å². The molecule has 0 unspecified atom stereocenters. The number of carbonyl (C=O) groups is 2.